The Bertz CT molecular complexity index is 337. The fraction of sp³-hybridized carbons (Fsp3) is 0.947. The second kappa shape index (κ2) is 8.44. The van der Waals surface area contributed by atoms with Crippen molar-refractivity contribution in [2.75, 3.05) is 32.7 Å². The van der Waals surface area contributed by atoms with E-state index in [9.17, 15) is 4.79 Å². The maximum absolute atomic E-state index is 12.1. The van der Waals surface area contributed by atoms with Crippen LogP contribution in [-0.4, -0.2) is 54.3 Å². The Morgan fingerprint density at radius 3 is 2.05 bits per heavy atom. The lowest BCUT2D eigenvalue weighted by molar-refractivity contribution is -0.127. The van der Waals surface area contributed by atoms with Gasteiger partial charge in [0.25, 0.3) is 0 Å². The number of nitrogens with zero attached hydrogens (tertiary/aromatic N) is 2. The largest absolute Gasteiger partial charge is 0.303 e. The zero-order valence-corrected chi connectivity index (χ0v) is 15.2. The summed E-state index contributed by atoms with van der Waals surface area (Å²) in [5.41, 5.74) is 0. The van der Waals surface area contributed by atoms with E-state index in [1.165, 1.54) is 38.9 Å². The minimum Gasteiger partial charge on any atom is -0.303 e. The normalized spacial score (nSPS) is 23.5. The van der Waals surface area contributed by atoms with Gasteiger partial charge < -0.3 is 9.80 Å². The molecule has 0 aromatic heterocycles. The van der Waals surface area contributed by atoms with E-state index in [2.05, 4.69) is 23.6 Å². The molecule has 0 unspecified atom stereocenters. The number of piperidine rings is 2. The summed E-state index contributed by atoms with van der Waals surface area (Å²) in [6, 6.07) is 0.707. The Morgan fingerprint density at radius 2 is 1.55 bits per heavy atom. The predicted octanol–water partition coefficient (Wildman–Crippen LogP) is 3.43. The highest BCUT2D eigenvalue weighted by Gasteiger charge is 2.27. The van der Waals surface area contributed by atoms with Gasteiger partial charge >= 0.3 is 0 Å². The van der Waals surface area contributed by atoms with Crippen molar-refractivity contribution in [1.29, 1.82) is 0 Å². The number of carbonyl (C=O) groups excluding carboxylic acids is 1. The minimum absolute atomic E-state index is 0.211. The number of Topliss-reactive ketones (excluding diaryl/α,β-unsaturated/α-hetero) is 1. The van der Waals surface area contributed by atoms with E-state index in [-0.39, 0.29) is 5.92 Å². The Morgan fingerprint density at radius 1 is 0.955 bits per heavy atom. The van der Waals surface area contributed by atoms with Gasteiger partial charge in [-0.25, -0.2) is 0 Å². The first-order valence-electron chi connectivity index (χ1n) is 9.47. The molecule has 0 N–H and O–H groups in total. The fourth-order valence-electron chi connectivity index (χ4n) is 4.04. The highest BCUT2D eigenvalue weighted by Crippen LogP contribution is 2.25. The van der Waals surface area contributed by atoms with Crippen LogP contribution in [0.15, 0.2) is 0 Å². The van der Waals surface area contributed by atoms with E-state index < -0.39 is 0 Å². The van der Waals surface area contributed by atoms with Crippen LogP contribution in [-0.2, 0) is 4.79 Å². The Labute approximate surface area is 137 Å². The predicted molar refractivity (Wildman–Crippen MR) is 93.1 cm³/mol. The Hall–Kier alpha value is -0.410. The van der Waals surface area contributed by atoms with Crippen LogP contribution in [0.5, 0.6) is 0 Å². The summed E-state index contributed by atoms with van der Waals surface area (Å²) in [6.07, 6.45) is 6.28. The van der Waals surface area contributed by atoms with Gasteiger partial charge in [-0.05, 0) is 84.6 Å². The molecule has 2 heterocycles. The summed E-state index contributed by atoms with van der Waals surface area (Å²) in [4.78, 5) is 17.3. The molecule has 3 heteroatoms. The molecule has 0 aromatic rings. The molecule has 0 bridgehead atoms. The molecule has 2 fully saturated rings. The lowest BCUT2D eigenvalue weighted by Gasteiger charge is -2.36. The minimum atomic E-state index is 0.211. The van der Waals surface area contributed by atoms with Gasteiger partial charge in [0, 0.05) is 17.9 Å². The van der Waals surface area contributed by atoms with Crippen molar-refractivity contribution in [3.8, 4) is 0 Å². The zero-order valence-electron chi connectivity index (χ0n) is 15.2. The van der Waals surface area contributed by atoms with Crippen LogP contribution in [0.3, 0.4) is 0 Å². The molecule has 0 amide bonds. The molecule has 0 spiro atoms. The molecular formula is C19H36N2O. The number of carbonyl (C=O) groups is 1. The molecule has 3 nitrogen and oxygen atoms in total. The van der Waals surface area contributed by atoms with Gasteiger partial charge in [0.15, 0.2) is 0 Å². The summed E-state index contributed by atoms with van der Waals surface area (Å²) >= 11 is 0. The van der Waals surface area contributed by atoms with Crippen LogP contribution in [0.1, 0.15) is 59.8 Å². The Balaban J connectivity index is 1.62. The van der Waals surface area contributed by atoms with Crippen LogP contribution in [0.25, 0.3) is 0 Å². The number of likely N-dealkylation sites (tertiary alicyclic amines) is 2. The number of rotatable bonds is 6. The third-order valence-electron chi connectivity index (χ3n) is 5.79. The zero-order chi connectivity index (χ0) is 16.1. The third kappa shape index (κ3) is 5.06. The van der Waals surface area contributed by atoms with Crippen molar-refractivity contribution >= 4 is 5.78 Å². The molecule has 0 aromatic carbocycles. The van der Waals surface area contributed by atoms with Crippen LogP contribution < -0.4 is 0 Å². The van der Waals surface area contributed by atoms with E-state index in [1.54, 1.807) is 0 Å². The summed E-state index contributed by atoms with van der Waals surface area (Å²) < 4.78 is 0. The summed E-state index contributed by atoms with van der Waals surface area (Å²) in [6.45, 7) is 14.8. The fourth-order valence-corrected chi connectivity index (χ4v) is 4.04. The Kier molecular flexibility index (Phi) is 6.88. The van der Waals surface area contributed by atoms with Crippen molar-refractivity contribution in [1.82, 2.24) is 9.80 Å². The van der Waals surface area contributed by atoms with Crippen LogP contribution in [0.4, 0.5) is 0 Å². The molecule has 0 atom stereocenters. The first-order chi connectivity index (χ1) is 10.5. The van der Waals surface area contributed by atoms with Gasteiger partial charge in [-0.1, -0.05) is 13.8 Å². The van der Waals surface area contributed by atoms with Crippen molar-refractivity contribution < 1.29 is 4.79 Å². The second-order valence-electron chi connectivity index (χ2n) is 8.03. The molecule has 0 radical (unpaired) electrons. The van der Waals surface area contributed by atoms with Crippen molar-refractivity contribution in [2.45, 2.75) is 65.8 Å². The highest BCUT2D eigenvalue weighted by atomic mass is 16.1. The molecule has 0 aliphatic carbocycles. The molecule has 2 aliphatic heterocycles. The van der Waals surface area contributed by atoms with Crippen molar-refractivity contribution in [2.24, 2.45) is 17.8 Å². The summed E-state index contributed by atoms with van der Waals surface area (Å²) in [5, 5.41) is 0. The average molecular weight is 309 g/mol. The standard InChI is InChI=1S/C19H36N2O/c1-15(2)19(22)18-8-11-20(12-9-18)10-5-17-6-13-21(14-7-17)16(3)4/h15-18H,5-14H2,1-4H3. The third-order valence-corrected chi connectivity index (χ3v) is 5.79. The summed E-state index contributed by atoms with van der Waals surface area (Å²) in [5.74, 6) is 1.96. The van der Waals surface area contributed by atoms with Gasteiger partial charge in [-0.3, -0.25) is 4.79 Å². The van der Waals surface area contributed by atoms with E-state index >= 15 is 0 Å². The lowest BCUT2D eigenvalue weighted by Crippen LogP contribution is -2.41. The second-order valence-corrected chi connectivity index (χ2v) is 8.03. The lowest BCUT2D eigenvalue weighted by atomic mass is 9.87. The SMILES string of the molecule is CC(C)C(=O)C1CCN(CCC2CCN(C(C)C)CC2)CC1. The van der Waals surface area contributed by atoms with E-state index in [0.717, 1.165) is 31.8 Å². The van der Waals surface area contributed by atoms with Crippen LogP contribution in [0, 0.1) is 17.8 Å². The number of hydrogen-bond donors (Lipinski definition) is 0. The first kappa shape index (κ1) is 17.9. The number of ketones is 1. The van der Waals surface area contributed by atoms with Gasteiger partial charge in [-0.15, -0.1) is 0 Å². The highest BCUT2D eigenvalue weighted by molar-refractivity contribution is 5.82. The monoisotopic (exact) mass is 308 g/mol. The average Bonchev–Trinajstić information content (AvgIpc) is 2.53. The van der Waals surface area contributed by atoms with Crippen LogP contribution in [0.2, 0.25) is 0 Å². The first-order valence-corrected chi connectivity index (χ1v) is 9.47. The van der Waals surface area contributed by atoms with E-state index in [1.807, 2.05) is 13.8 Å². The topological polar surface area (TPSA) is 23.6 Å². The van der Waals surface area contributed by atoms with E-state index in [4.69, 9.17) is 0 Å². The van der Waals surface area contributed by atoms with Gasteiger partial charge in [0.2, 0.25) is 0 Å². The molecule has 2 saturated heterocycles. The smallest absolute Gasteiger partial charge is 0.138 e. The molecule has 2 rings (SSSR count). The summed E-state index contributed by atoms with van der Waals surface area (Å²) in [7, 11) is 0. The quantitative estimate of drug-likeness (QED) is 0.751. The maximum Gasteiger partial charge on any atom is 0.138 e. The molecule has 128 valence electrons. The van der Waals surface area contributed by atoms with Gasteiger partial charge in [0.05, 0.1) is 0 Å². The van der Waals surface area contributed by atoms with Crippen LogP contribution >= 0.6 is 0 Å². The van der Waals surface area contributed by atoms with Crippen molar-refractivity contribution in [3.05, 3.63) is 0 Å². The van der Waals surface area contributed by atoms with Gasteiger partial charge in [0.1, 0.15) is 5.78 Å². The molecule has 0 saturated carbocycles. The molecule has 2 aliphatic rings. The maximum atomic E-state index is 12.1. The van der Waals surface area contributed by atoms with Crippen molar-refractivity contribution in [3.63, 3.8) is 0 Å². The number of hydrogen-bond acceptors (Lipinski definition) is 3. The van der Waals surface area contributed by atoms with E-state index in [0.29, 0.717) is 17.7 Å². The molecule has 22 heavy (non-hydrogen) atoms. The van der Waals surface area contributed by atoms with Gasteiger partial charge in [-0.2, -0.15) is 0 Å². The molecular weight excluding hydrogens is 272 g/mol.